The standard InChI is InChI=1S/C8H19OS/c1-5-9-8(4)10(6-2)7-3/h8H,5-7H2,1-4H3/q+1. The van der Waals surface area contributed by atoms with E-state index in [-0.39, 0.29) is 0 Å². The Kier molecular flexibility index (Phi) is 6.24. The van der Waals surface area contributed by atoms with Gasteiger partial charge in [-0.15, -0.1) is 0 Å². The fraction of sp³-hybridized carbons (Fsp3) is 1.00. The van der Waals surface area contributed by atoms with Crippen LogP contribution in [0.25, 0.3) is 0 Å². The molecule has 1 atom stereocenters. The van der Waals surface area contributed by atoms with E-state index in [1.54, 1.807) is 0 Å². The molecule has 0 radical (unpaired) electrons. The van der Waals surface area contributed by atoms with Crippen LogP contribution in [0.1, 0.15) is 27.7 Å². The molecule has 0 aliphatic carbocycles. The Balaban J connectivity index is 3.53. The van der Waals surface area contributed by atoms with Gasteiger partial charge < -0.3 is 4.74 Å². The predicted octanol–water partition coefficient (Wildman–Crippen LogP) is 2.03. The molecule has 0 aromatic heterocycles. The van der Waals surface area contributed by atoms with Crippen LogP contribution in [0.2, 0.25) is 0 Å². The van der Waals surface area contributed by atoms with Gasteiger partial charge >= 0.3 is 0 Å². The Bertz CT molecular complexity index is 71.7. The summed E-state index contributed by atoms with van der Waals surface area (Å²) in [4.78, 5) is 0. The van der Waals surface area contributed by atoms with Gasteiger partial charge in [0.25, 0.3) is 0 Å². The van der Waals surface area contributed by atoms with Crippen molar-refractivity contribution >= 4 is 10.9 Å². The molecule has 0 aromatic rings. The minimum atomic E-state index is 0.472. The third-order valence-electron chi connectivity index (χ3n) is 1.61. The van der Waals surface area contributed by atoms with E-state index in [4.69, 9.17) is 4.74 Å². The van der Waals surface area contributed by atoms with Gasteiger partial charge in [-0.3, -0.25) is 0 Å². The van der Waals surface area contributed by atoms with Crippen LogP contribution >= 0.6 is 0 Å². The Hall–Kier alpha value is 0.310. The Morgan fingerprint density at radius 1 is 1.20 bits per heavy atom. The topological polar surface area (TPSA) is 9.23 Å². The maximum atomic E-state index is 5.50. The fourth-order valence-electron chi connectivity index (χ4n) is 1.00. The summed E-state index contributed by atoms with van der Waals surface area (Å²) in [6.45, 7) is 9.57. The van der Waals surface area contributed by atoms with E-state index in [0.29, 0.717) is 16.3 Å². The summed E-state index contributed by atoms with van der Waals surface area (Å²) in [6.07, 6.45) is 0. The lowest BCUT2D eigenvalue weighted by Gasteiger charge is -2.11. The summed E-state index contributed by atoms with van der Waals surface area (Å²) >= 11 is 0. The zero-order valence-corrected chi connectivity index (χ0v) is 8.33. The van der Waals surface area contributed by atoms with Gasteiger partial charge in [0, 0.05) is 24.4 Å². The van der Waals surface area contributed by atoms with Gasteiger partial charge in [0.05, 0.1) is 0 Å². The van der Waals surface area contributed by atoms with Crippen LogP contribution in [0.5, 0.6) is 0 Å². The molecule has 2 heteroatoms. The first-order valence-electron chi connectivity index (χ1n) is 4.04. The van der Waals surface area contributed by atoms with Gasteiger partial charge in [-0.1, -0.05) is 0 Å². The van der Waals surface area contributed by atoms with Crippen molar-refractivity contribution in [3.05, 3.63) is 0 Å². The predicted molar refractivity (Wildman–Crippen MR) is 49.5 cm³/mol. The maximum Gasteiger partial charge on any atom is 0.215 e. The highest BCUT2D eigenvalue weighted by atomic mass is 32.2. The zero-order chi connectivity index (χ0) is 7.98. The van der Waals surface area contributed by atoms with Crippen LogP contribution in [0.3, 0.4) is 0 Å². The number of hydrogen-bond donors (Lipinski definition) is 0. The van der Waals surface area contributed by atoms with E-state index in [0.717, 1.165) is 6.61 Å². The average Bonchev–Trinajstić information content (AvgIpc) is 1.91. The first kappa shape index (κ1) is 10.3. The van der Waals surface area contributed by atoms with Crippen molar-refractivity contribution < 1.29 is 4.74 Å². The molecule has 0 saturated heterocycles. The van der Waals surface area contributed by atoms with Crippen LogP contribution in [0, 0.1) is 0 Å². The molecule has 0 aliphatic heterocycles. The maximum absolute atomic E-state index is 5.50. The Morgan fingerprint density at radius 3 is 2.00 bits per heavy atom. The lowest BCUT2D eigenvalue weighted by molar-refractivity contribution is 0.135. The van der Waals surface area contributed by atoms with Crippen molar-refractivity contribution in [3.8, 4) is 0 Å². The van der Waals surface area contributed by atoms with Crippen LogP contribution < -0.4 is 0 Å². The molecule has 0 amide bonds. The molecule has 0 fully saturated rings. The molecule has 0 aliphatic rings. The number of hydrogen-bond acceptors (Lipinski definition) is 1. The van der Waals surface area contributed by atoms with Crippen LogP contribution in [0.4, 0.5) is 0 Å². The second-order valence-electron chi connectivity index (χ2n) is 2.14. The van der Waals surface area contributed by atoms with E-state index in [9.17, 15) is 0 Å². The Labute approximate surface area is 67.5 Å². The quantitative estimate of drug-likeness (QED) is 0.563. The first-order chi connectivity index (χ1) is 4.76. The Morgan fingerprint density at radius 2 is 1.70 bits per heavy atom. The SMILES string of the molecule is CCOC(C)[S+](CC)CC. The highest BCUT2D eigenvalue weighted by molar-refractivity contribution is 7.97. The number of ether oxygens (including phenoxy) is 1. The lowest BCUT2D eigenvalue weighted by atomic mass is 10.8. The summed E-state index contributed by atoms with van der Waals surface area (Å²) in [5, 5.41) is 0. The summed E-state index contributed by atoms with van der Waals surface area (Å²) < 4.78 is 5.50. The van der Waals surface area contributed by atoms with Gasteiger partial charge in [-0.25, -0.2) is 0 Å². The largest absolute Gasteiger partial charge is 0.334 e. The van der Waals surface area contributed by atoms with Crippen LogP contribution in [-0.2, 0) is 15.6 Å². The molecule has 0 aromatic carbocycles. The molecule has 0 N–H and O–H groups in total. The van der Waals surface area contributed by atoms with Gasteiger partial charge in [-0.2, -0.15) is 0 Å². The van der Waals surface area contributed by atoms with Gasteiger partial charge in [0.2, 0.25) is 5.44 Å². The summed E-state index contributed by atoms with van der Waals surface area (Å²) in [5.41, 5.74) is 0.472. The van der Waals surface area contributed by atoms with Crippen molar-refractivity contribution in [2.75, 3.05) is 18.1 Å². The second-order valence-corrected chi connectivity index (χ2v) is 5.03. The van der Waals surface area contributed by atoms with E-state index < -0.39 is 0 Å². The molecule has 0 bridgehead atoms. The molecule has 0 saturated carbocycles. The van der Waals surface area contributed by atoms with E-state index in [1.165, 1.54) is 11.5 Å². The third kappa shape index (κ3) is 3.47. The first-order valence-corrected chi connectivity index (χ1v) is 5.66. The van der Waals surface area contributed by atoms with E-state index in [2.05, 4.69) is 27.7 Å². The van der Waals surface area contributed by atoms with Crippen molar-refractivity contribution in [1.82, 2.24) is 0 Å². The van der Waals surface area contributed by atoms with Crippen molar-refractivity contribution in [2.45, 2.75) is 33.1 Å². The molecule has 10 heavy (non-hydrogen) atoms. The summed E-state index contributed by atoms with van der Waals surface area (Å²) in [5.74, 6) is 2.52. The van der Waals surface area contributed by atoms with E-state index >= 15 is 0 Å². The zero-order valence-electron chi connectivity index (χ0n) is 7.52. The molecular weight excluding hydrogens is 144 g/mol. The number of rotatable bonds is 5. The monoisotopic (exact) mass is 163 g/mol. The summed E-state index contributed by atoms with van der Waals surface area (Å²) in [7, 11) is 0.495. The van der Waals surface area contributed by atoms with Crippen LogP contribution in [0.15, 0.2) is 0 Å². The summed E-state index contributed by atoms with van der Waals surface area (Å²) in [6, 6.07) is 0. The normalized spacial score (nSPS) is 14.1. The average molecular weight is 163 g/mol. The van der Waals surface area contributed by atoms with Crippen molar-refractivity contribution in [2.24, 2.45) is 0 Å². The molecule has 0 rings (SSSR count). The minimum Gasteiger partial charge on any atom is -0.334 e. The molecular formula is C8H19OS+. The van der Waals surface area contributed by atoms with Crippen molar-refractivity contribution in [1.29, 1.82) is 0 Å². The lowest BCUT2D eigenvalue weighted by Crippen LogP contribution is -2.25. The molecule has 1 unspecified atom stereocenters. The smallest absolute Gasteiger partial charge is 0.215 e. The molecule has 62 valence electrons. The van der Waals surface area contributed by atoms with E-state index in [1.807, 2.05) is 0 Å². The van der Waals surface area contributed by atoms with Gasteiger partial charge in [0.1, 0.15) is 11.5 Å². The van der Waals surface area contributed by atoms with Gasteiger partial charge in [0.15, 0.2) is 0 Å². The fourth-order valence-corrected chi connectivity index (χ4v) is 2.68. The molecule has 1 nitrogen and oxygen atoms in total. The van der Waals surface area contributed by atoms with Crippen LogP contribution in [-0.4, -0.2) is 23.5 Å². The highest BCUT2D eigenvalue weighted by Crippen LogP contribution is 2.06. The van der Waals surface area contributed by atoms with Gasteiger partial charge in [-0.05, 0) is 20.8 Å². The molecule has 0 heterocycles. The van der Waals surface area contributed by atoms with Crippen molar-refractivity contribution in [3.63, 3.8) is 0 Å². The molecule has 0 spiro atoms. The highest BCUT2D eigenvalue weighted by Gasteiger charge is 2.21. The third-order valence-corrected chi connectivity index (χ3v) is 4.17. The minimum absolute atomic E-state index is 0.472. The second kappa shape index (κ2) is 6.05.